The van der Waals surface area contributed by atoms with E-state index in [4.69, 9.17) is 5.26 Å². The van der Waals surface area contributed by atoms with Gasteiger partial charge in [0, 0.05) is 5.56 Å². The summed E-state index contributed by atoms with van der Waals surface area (Å²) >= 11 is 0. The molecule has 0 bridgehead atoms. The molecular formula is C9H5F2NO. The molecule has 0 radical (unpaired) electrons. The number of carbonyl (C=O) groups excluding carboxylic acids is 1. The molecule has 1 rings (SSSR count). The van der Waals surface area contributed by atoms with Crippen molar-refractivity contribution in [3.63, 3.8) is 0 Å². The molecule has 0 saturated carbocycles. The van der Waals surface area contributed by atoms with Crippen molar-refractivity contribution in [3.05, 3.63) is 35.4 Å². The van der Waals surface area contributed by atoms with Crippen LogP contribution in [0.2, 0.25) is 0 Å². The number of carbonyl (C=O) groups is 1. The highest BCUT2D eigenvalue weighted by molar-refractivity contribution is 5.97. The number of benzene rings is 1. The molecule has 0 aliphatic rings. The first-order valence-electron chi connectivity index (χ1n) is 3.50. The average molecular weight is 181 g/mol. The first kappa shape index (κ1) is 9.33. The molecule has 0 aliphatic carbocycles. The summed E-state index contributed by atoms with van der Waals surface area (Å²) in [6, 6.07) is 4.43. The average Bonchev–Trinajstić information content (AvgIpc) is 2.10. The molecule has 0 aromatic heterocycles. The lowest BCUT2D eigenvalue weighted by Gasteiger charge is -1.96. The van der Waals surface area contributed by atoms with Gasteiger partial charge in [0.2, 0.25) is 0 Å². The van der Waals surface area contributed by atoms with Crippen LogP contribution in [0.1, 0.15) is 16.8 Å². The first-order chi connectivity index (χ1) is 6.15. The number of nitriles is 1. The number of hydrogen-bond acceptors (Lipinski definition) is 2. The minimum Gasteiger partial charge on any atom is -0.293 e. The molecule has 0 heterocycles. The van der Waals surface area contributed by atoms with Crippen molar-refractivity contribution >= 4 is 5.78 Å². The van der Waals surface area contributed by atoms with Gasteiger partial charge in [-0.05, 0) is 18.2 Å². The molecule has 0 amide bonds. The molecule has 0 fully saturated rings. The quantitative estimate of drug-likeness (QED) is 0.655. The maximum absolute atomic E-state index is 12.6. The summed E-state index contributed by atoms with van der Waals surface area (Å²) in [7, 11) is 0. The van der Waals surface area contributed by atoms with Crippen molar-refractivity contribution in [2.75, 3.05) is 0 Å². The predicted molar refractivity (Wildman–Crippen MR) is 40.9 cm³/mol. The van der Waals surface area contributed by atoms with E-state index in [-0.39, 0.29) is 12.0 Å². The van der Waals surface area contributed by atoms with Gasteiger partial charge in [-0.1, -0.05) is 0 Å². The molecule has 0 aliphatic heterocycles. The van der Waals surface area contributed by atoms with Gasteiger partial charge >= 0.3 is 0 Å². The molecule has 0 atom stereocenters. The van der Waals surface area contributed by atoms with Crippen LogP contribution in [-0.4, -0.2) is 5.78 Å². The largest absolute Gasteiger partial charge is 0.293 e. The second-order valence-electron chi connectivity index (χ2n) is 2.39. The minimum atomic E-state index is -1.08. The Morgan fingerprint density at radius 2 is 2.08 bits per heavy atom. The molecule has 1 aromatic carbocycles. The third-order valence-electron chi connectivity index (χ3n) is 1.48. The van der Waals surface area contributed by atoms with Crippen LogP contribution in [-0.2, 0) is 0 Å². The van der Waals surface area contributed by atoms with Crippen LogP contribution in [0.5, 0.6) is 0 Å². The van der Waals surface area contributed by atoms with Crippen molar-refractivity contribution in [1.82, 2.24) is 0 Å². The Labute approximate surface area is 73.4 Å². The SMILES string of the molecule is N#CCC(=O)c1ccc(F)c(F)c1. The Kier molecular flexibility index (Phi) is 2.70. The van der Waals surface area contributed by atoms with Crippen LogP contribution in [0.15, 0.2) is 18.2 Å². The second-order valence-corrected chi connectivity index (χ2v) is 2.39. The van der Waals surface area contributed by atoms with Gasteiger partial charge in [0.25, 0.3) is 0 Å². The van der Waals surface area contributed by atoms with Crippen LogP contribution in [0.4, 0.5) is 8.78 Å². The van der Waals surface area contributed by atoms with Crippen molar-refractivity contribution in [3.8, 4) is 6.07 Å². The molecular weight excluding hydrogens is 176 g/mol. The Morgan fingerprint density at radius 1 is 1.38 bits per heavy atom. The zero-order chi connectivity index (χ0) is 9.84. The molecule has 2 nitrogen and oxygen atoms in total. The number of halogens is 2. The van der Waals surface area contributed by atoms with E-state index in [1.54, 1.807) is 6.07 Å². The molecule has 66 valence electrons. The lowest BCUT2D eigenvalue weighted by atomic mass is 10.1. The van der Waals surface area contributed by atoms with Crippen molar-refractivity contribution in [2.24, 2.45) is 0 Å². The van der Waals surface area contributed by atoms with E-state index in [9.17, 15) is 13.6 Å². The van der Waals surface area contributed by atoms with Gasteiger partial charge in [-0.2, -0.15) is 5.26 Å². The van der Waals surface area contributed by atoms with Crippen LogP contribution < -0.4 is 0 Å². The number of hydrogen-bond donors (Lipinski definition) is 0. The number of Topliss-reactive ketones (excluding diaryl/α,β-unsaturated/α-hetero) is 1. The molecule has 0 saturated heterocycles. The van der Waals surface area contributed by atoms with Gasteiger partial charge in [-0.3, -0.25) is 4.79 Å². The third kappa shape index (κ3) is 2.09. The monoisotopic (exact) mass is 181 g/mol. The first-order valence-corrected chi connectivity index (χ1v) is 3.50. The smallest absolute Gasteiger partial charge is 0.176 e. The summed E-state index contributed by atoms with van der Waals surface area (Å²) < 4.78 is 25.0. The standard InChI is InChI=1S/C9H5F2NO/c10-7-2-1-6(5-8(7)11)9(13)3-4-12/h1-2,5H,3H2. The summed E-state index contributed by atoms with van der Waals surface area (Å²) in [5.41, 5.74) is 0.0143. The normalized spacial score (nSPS) is 9.31. The highest BCUT2D eigenvalue weighted by atomic mass is 19.2. The predicted octanol–water partition coefficient (Wildman–Crippen LogP) is 2.06. The molecule has 1 aromatic rings. The second kappa shape index (κ2) is 3.76. The third-order valence-corrected chi connectivity index (χ3v) is 1.48. The summed E-state index contributed by atoms with van der Waals surface area (Å²) in [5.74, 6) is -2.60. The van der Waals surface area contributed by atoms with E-state index < -0.39 is 17.4 Å². The zero-order valence-electron chi connectivity index (χ0n) is 6.55. The summed E-state index contributed by atoms with van der Waals surface area (Å²) in [5, 5.41) is 8.18. The van der Waals surface area contributed by atoms with Crippen LogP contribution in [0.3, 0.4) is 0 Å². The summed E-state index contributed by atoms with van der Waals surface area (Å²) in [6.45, 7) is 0. The fraction of sp³-hybridized carbons (Fsp3) is 0.111. The Hall–Kier alpha value is -1.76. The highest BCUT2D eigenvalue weighted by Gasteiger charge is 2.08. The number of nitrogens with zero attached hydrogens (tertiary/aromatic N) is 1. The molecule has 0 spiro atoms. The van der Waals surface area contributed by atoms with E-state index in [2.05, 4.69) is 0 Å². The Bertz CT molecular complexity index is 382. The molecule has 13 heavy (non-hydrogen) atoms. The van der Waals surface area contributed by atoms with Crippen molar-refractivity contribution in [1.29, 1.82) is 5.26 Å². The zero-order valence-corrected chi connectivity index (χ0v) is 6.55. The van der Waals surface area contributed by atoms with Crippen LogP contribution in [0, 0.1) is 23.0 Å². The van der Waals surface area contributed by atoms with E-state index >= 15 is 0 Å². The van der Waals surface area contributed by atoms with E-state index in [1.807, 2.05) is 0 Å². The van der Waals surface area contributed by atoms with E-state index in [0.29, 0.717) is 0 Å². The maximum Gasteiger partial charge on any atom is 0.176 e. The Balaban J connectivity index is 2.98. The topological polar surface area (TPSA) is 40.9 Å². The number of ketones is 1. The van der Waals surface area contributed by atoms with Gasteiger partial charge < -0.3 is 0 Å². The fourth-order valence-corrected chi connectivity index (χ4v) is 0.843. The minimum absolute atomic E-state index is 0.0143. The maximum atomic E-state index is 12.6. The molecule has 0 unspecified atom stereocenters. The van der Waals surface area contributed by atoms with Crippen molar-refractivity contribution in [2.45, 2.75) is 6.42 Å². The number of rotatable bonds is 2. The lowest BCUT2D eigenvalue weighted by molar-refractivity contribution is 0.0997. The molecule has 4 heteroatoms. The van der Waals surface area contributed by atoms with Gasteiger partial charge in [-0.25, -0.2) is 8.78 Å². The summed E-state index contributed by atoms with van der Waals surface area (Å²) in [4.78, 5) is 11.0. The van der Waals surface area contributed by atoms with Crippen molar-refractivity contribution < 1.29 is 13.6 Å². The van der Waals surface area contributed by atoms with Crippen LogP contribution >= 0.6 is 0 Å². The van der Waals surface area contributed by atoms with Gasteiger partial charge in [-0.15, -0.1) is 0 Å². The fourth-order valence-electron chi connectivity index (χ4n) is 0.843. The van der Waals surface area contributed by atoms with E-state index in [0.717, 1.165) is 18.2 Å². The van der Waals surface area contributed by atoms with Crippen LogP contribution in [0.25, 0.3) is 0 Å². The lowest BCUT2D eigenvalue weighted by Crippen LogP contribution is -1.98. The van der Waals surface area contributed by atoms with E-state index in [1.165, 1.54) is 0 Å². The highest BCUT2D eigenvalue weighted by Crippen LogP contribution is 2.10. The van der Waals surface area contributed by atoms with Gasteiger partial charge in [0.15, 0.2) is 17.4 Å². The Morgan fingerprint density at radius 3 is 2.62 bits per heavy atom. The molecule has 0 N–H and O–H groups in total. The summed E-state index contributed by atoms with van der Waals surface area (Å²) in [6.07, 6.45) is -0.328. The van der Waals surface area contributed by atoms with Gasteiger partial charge in [0.05, 0.1) is 12.5 Å². The van der Waals surface area contributed by atoms with Gasteiger partial charge in [0.1, 0.15) is 0 Å².